The van der Waals surface area contributed by atoms with Gasteiger partial charge in [-0.2, -0.15) is 0 Å². The fourth-order valence-electron chi connectivity index (χ4n) is 2.77. The first-order valence-electron chi connectivity index (χ1n) is 7.18. The quantitative estimate of drug-likeness (QED) is 0.682. The molecule has 1 saturated heterocycles. The summed E-state index contributed by atoms with van der Waals surface area (Å²) in [5, 5.41) is 20.9. The molecule has 1 aliphatic heterocycles. The second-order valence-electron chi connectivity index (χ2n) is 5.67. The van der Waals surface area contributed by atoms with Gasteiger partial charge in [-0.15, -0.1) is 0 Å². The van der Waals surface area contributed by atoms with Gasteiger partial charge in [-0.05, 0) is 30.9 Å². The fourth-order valence-corrected chi connectivity index (χ4v) is 2.77. The van der Waals surface area contributed by atoms with E-state index in [1.54, 1.807) is 26.2 Å². The average molecular weight is 294 g/mol. The van der Waals surface area contributed by atoms with Crippen LogP contribution in [0, 0.1) is 16.0 Å². The third-order valence-corrected chi connectivity index (χ3v) is 4.21. The summed E-state index contributed by atoms with van der Waals surface area (Å²) < 4.78 is 5.47. The van der Waals surface area contributed by atoms with Crippen LogP contribution in [0.4, 0.5) is 11.4 Å². The van der Waals surface area contributed by atoms with Crippen LogP contribution in [0.15, 0.2) is 18.2 Å². The number of rotatable bonds is 4. The van der Waals surface area contributed by atoms with Crippen LogP contribution in [0.25, 0.3) is 0 Å². The first kappa shape index (κ1) is 15.7. The first-order chi connectivity index (χ1) is 9.93. The molecule has 21 heavy (non-hydrogen) atoms. The number of nitro benzene ring substituents is 1. The topological polar surface area (TPSA) is 75.8 Å². The van der Waals surface area contributed by atoms with Crippen molar-refractivity contribution in [3.05, 3.63) is 33.9 Å². The van der Waals surface area contributed by atoms with Crippen molar-refractivity contribution in [3.8, 4) is 0 Å². The van der Waals surface area contributed by atoms with Crippen molar-refractivity contribution >= 4 is 11.4 Å². The van der Waals surface area contributed by atoms with E-state index in [1.807, 2.05) is 4.90 Å². The number of hydrogen-bond acceptors (Lipinski definition) is 5. The number of nitrogens with zero attached hydrogens (tertiary/aromatic N) is 2. The van der Waals surface area contributed by atoms with E-state index in [1.165, 1.54) is 6.07 Å². The smallest absolute Gasteiger partial charge is 0.292 e. The molecule has 2 rings (SSSR count). The predicted octanol–water partition coefficient (Wildman–Crippen LogP) is 2.51. The van der Waals surface area contributed by atoms with Crippen molar-refractivity contribution in [2.45, 2.75) is 32.5 Å². The third-order valence-electron chi connectivity index (χ3n) is 4.21. The molecule has 1 aromatic carbocycles. The Morgan fingerprint density at radius 3 is 2.81 bits per heavy atom. The van der Waals surface area contributed by atoms with Gasteiger partial charge in [0.15, 0.2) is 0 Å². The molecule has 1 aromatic rings. The third kappa shape index (κ3) is 3.33. The van der Waals surface area contributed by atoms with Crippen LogP contribution >= 0.6 is 0 Å². The summed E-state index contributed by atoms with van der Waals surface area (Å²) >= 11 is 0. The van der Waals surface area contributed by atoms with Crippen molar-refractivity contribution in [2.75, 3.05) is 25.1 Å². The van der Waals surface area contributed by atoms with Gasteiger partial charge in [-0.25, -0.2) is 0 Å². The molecule has 0 amide bonds. The molecule has 1 fully saturated rings. The van der Waals surface area contributed by atoms with Crippen LogP contribution in [0.5, 0.6) is 0 Å². The van der Waals surface area contributed by atoms with Gasteiger partial charge in [0, 0.05) is 26.3 Å². The van der Waals surface area contributed by atoms with E-state index in [4.69, 9.17) is 4.74 Å². The largest absolute Gasteiger partial charge is 0.389 e. The highest BCUT2D eigenvalue weighted by Gasteiger charge is 2.29. The molecule has 0 radical (unpaired) electrons. The monoisotopic (exact) mass is 294 g/mol. The molecule has 6 nitrogen and oxygen atoms in total. The summed E-state index contributed by atoms with van der Waals surface area (Å²) in [5.41, 5.74) is 1.19. The molecular formula is C15H22N2O4. The fraction of sp³-hybridized carbons (Fsp3) is 0.600. The Kier molecular flexibility index (Phi) is 4.80. The van der Waals surface area contributed by atoms with Gasteiger partial charge >= 0.3 is 0 Å². The molecule has 0 aliphatic carbocycles. The lowest BCUT2D eigenvalue weighted by Crippen LogP contribution is -2.44. The van der Waals surface area contributed by atoms with Gasteiger partial charge < -0.3 is 14.7 Å². The molecule has 6 heteroatoms. The molecule has 116 valence electrons. The summed E-state index contributed by atoms with van der Waals surface area (Å²) in [6.45, 7) is 5.15. The first-order valence-corrected chi connectivity index (χ1v) is 7.18. The zero-order chi connectivity index (χ0) is 15.6. The summed E-state index contributed by atoms with van der Waals surface area (Å²) in [5.74, 6) is 0.446. The van der Waals surface area contributed by atoms with Crippen molar-refractivity contribution in [3.63, 3.8) is 0 Å². The minimum Gasteiger partial charge on any atom is -0.389 e. The van der Waals surface area contributed by atoms with Gasteiger partial charge in [0.05, 0.1) is 17.1 Å². The zero-order valence-electron chi connectivity index (χ0n) is 12.7. The van der Waals surface area contributed by atoms with Crippen molar-refractivity contribution in [1.29, 1.82) is 0 Å². The molecule has 0 bridgehead atoms. The average Bonchev–Trinajstić information content (AvgIpc) is 2.47. The molecule has 1 aliphatic rings. The maximum absolute atomic E-state index is 11.3. The lowest BCUT2D eigenvalue weighted by molar-refractivity contribution is -0.384. The molecular weight excluding hydrogens is 272 g/mol. The Labute approximate surface area is 124 Å². The number of methoxy groups -OCH3 is 1. The van der Waals surface area contributed by atoms with Crippen molar-refractivity contribution < 1.29 is 14.8 Å². The highest BCUT2D eigenvalue weighted by atomic mass is 16.6. The molecule has 2 unspecified atom stereocenters. The van der Waals surface area contributed by atoms with Gasteiger partial charge in [0.2, 0.25) is 0 Å². The Balaban J connectivity index is 2.32. The Bertz CT molecular complexity index is 518. The number of nitro groups is 1. The molecule has 0 aromatic heterocycles. The lowest BCUT2D eigenvalue weighted by atomic mass is 9.95. The Morgan fingerprint density at radius 2 is 2.24 bits per heavy atom. The Hall–Kier alpha value is -1.66. The summed E-state index contributed by atoms with van der Waals surface area (Å²) in [6.07, 6.45) is 0.300. The second-order valence-corrected chi connectivity index (χ2v) is 5.67. The van der Waals surface area contributed by atoms with E-state index < -0.39 is 6.10 Å². The molecule has 0 saturated carbocycles. The summed E-state index contributed by atoms with van der Waals surface area (Å²) in [4.78, 5) is 12.9. The van der Waals surface area contributed by atoms with Gasteiger partial charge in [-0.3, -0.25) is 10.1 Å². The zero-order valence-corrected chi connectivity index (χ0v) is 12.7. The minimum atomic E-state index is -0.717. The van der Waals surface area contributed by atoms with Crippen LogP contribution in [-0.2, 0) is 4.74 Å². The van der Waals surface area contributed by atoms with Crippen molar-refractivity contribution in [1.82, 2.24) is 0 Å². The molecule has 1 heterocycles. The van der Waals surface area contributed by atoms with Gasteiger partial charge in [-0.1, -0.05) is 13.0 Å². The lowest BCUT2D eigenvalue weighted by Gasteiger charge is -2.37. The summed E-state index contributed by atoms with van der Waals surface area (Å²) in [6, 6.07) is 4.93. The molecule has 1 N–H and O–H groups in total. The van der Waals surface area contributed by atoms with Crippen LogP contribution < -0.4 is 4.90 Å². The maximum atomic E-state index is 11.3. The second kappa shape index (κ2) is 6.41. The number of aliphatic hydroxyl groups excluding tert-OH is 1. The van der Waals surface area contributed by atoms with Crippen LogP contribution in [0.3, 0.4) is 0 Å². The maximum Gasteiger partial charge on any atom is 0.292 e. The van der Waals surface area contributed by atoms with Crippen LogP contribution in [0.1, 0.15) is 31.9 Å². The highest BCUT2D eigenvalue weighted by Crippen LogP contribution is 2.34. The minimum absolute atomic E-state index is 0.0396. The Morgan fingerprint density at radius 1 is 1.52 bits per heavy atom. The van der Waals surface area contributed by atoms with E-state index in [0.29, 0.717) is 23.7 Å². The molecule has 3 atom stereocenters. The number of benzene rings is 1. The van der Waals surface area contributed by atoms with E-state index >= 15 is 0 Å². The highest BCUT2D eigenvalue weighted by molar-refractivity contribution is 5.65. The molecule has 0 spiro atoms. The number of piperidine rings is 1. The number of hydrogen-bond donors (Lipinski definition) is 1. The normalized spacial score (nSPS) is 23.9. The standard InChI is InChI=1S/C15H22N2O4/c1-10-6-7-16(9-15(10)21-3)13-5-4-12(11(2)18)8-14(13)17(19)20/h4-5,8,10-11,15,18H,6-7,9H2,1-3H3/t10?,11-,15?/m0/s1. The number of aliphatic hydroxyl groups is 1. The van der Waals surface area contributed by atoms with E-state index in [2.05, 4.69) is 6.92 Å². The van der Waals surface area contributed by atoms with Crippen molar-refractivity contribution in [2.24, 2.45) is 5.92 Å². The van der Waals surface area contributed by atoms with E-state index in [0.717, 1.165) is 13.0 Å². The summed E-state index contributed by atoms with van der Waals surface area (Å²) in [7, 11) is 1.68. The SMILES string of the molecule is COC1CN(c2ccc([C@H](C)O)cc2[N+](=O)[O-])CCC1C. The van der Waals surface area contributed by atoms with E-state index in [-0.39, 0.29) is 16.7 Å². The van der Waals surface area contributed by atoms with Gasteiger partial charge in [0.1, 0.15) is 5.69 Å². The van der Waals surface area contributed by atoms with Crippen LogP contribution in [-0.4, -0.2) is 36.3 Å². The number of ether oxygens (including phenoxy) is 1. The van der Waals surface area contributed by atoms with Crippen LogP contribution in [0.2, 0.25) is 0 Å². The number of anilines is 1. The van der Waals surface area contributed by atoms with Gasteiger partial charge in [0.25, 0.3) is 5.69 Å². The van der Waals surface area contributed by atoms with E-state index in [9.17, 15) is 15.2 Å². The predicted molar refractivity (Wildman–Crippen MR) is 80.5 cm³/mol.